The third kappa shape index (κ3) is 5.10. The highest BCUT2D eigenvalue weighted by atomic mass is 16.5. The van der Waals surface area contributed by atoms with Crippen LogP contribution in [0.5, 0.6) is 0 Å². The Morgan fingerprint density at radius 2 is 1.76 bits per heavy atom. The van der Waals surface area contributed by atoms with Crippen LogP contribution in [0.3, 0.4) is 0 Å². The van der Waals surface area contributed by atoms with Gasteiger partial charge >= 0.3 is 11.9 Å². The number of amides is 2. The Balaban J connectivity index is 2.19. The smallest absolute Gasteiger partial charge is 0.342 e. The number of primary amides is 1. The molecule has 0 bridgehead atoms. The first-order chi connectivity index (χ1) is 13.8. The lowest BCUT2D eigenvalue weighted by molar-refractivity contribution is -0.112. The summed E-state index contributed by atoms with van der Waals surface area (Å²) >= 11 is 0. The van der Waals surface area contributed by atoms with Gasteiger partial charge in [-0.15, -0.1) is 0 Å². The third-order valence-electron chi connectivity index (χ3n) is 3.81. The van der Waals surface area contributed by atoms with Crippen molar-refractivity contribution in [3.63, 3.8) is 0 Å². The average Bonchev–Trinajstić information content (AvgIpc) is 3.02. The van der Waals surface area contributed by atoms with Gasteiger partial charge < -0.3 is 19.6 Å². The number of methoxy groups -OCH3 is 1. The first-order valence-corrected chi connectivity index (χ1v) is 8.56. The Bertz CT molecular complexity index is 971. The number of nitrogens with one attached hydrogen (secondary N) is 1. The number of aryl methyl sites for hydroxylation is 1. The summed E-state index contributed by atoms with van der Waals surface area (Å²) in [6.07, 6.45) is 2.68. The number of carbonyl (C=O) groups is 4. The normalized spacial score (nSPS) is 10.6. The van der Waals surface area contributed by atoms with Crippen molar-refractivity contribution in [3.05, 3.63) is 58.4 Å². The molecule has 0 saturated heterocycles. The van der Waals surface area contributed by atoms with Gasteiger partial charge in [-0.1, -0.05) is 12.1 Å². The molecule has 0 aliphatic heterocycles. The summed E-state index contributed by atoms with van der Waals surface area (Å²) in [5.41, 5.74) is 5.97. The molecule has 1 aromatic heterocycles. The van der Waals surface area contributed by atoms with Gasteiger partial charge in [-0.25, -0.2) is 9.59 Å². The Hall–Kier alpha value is -3.88. The van der Waals surface area contributed by atoms with Crippen LogP contribution < -0.4 is 11.1 Å². The highest BCUT2D eigenvalue weighted by Gasteiger charge is 2.28. The molecule has 2 amide bonds. The summed E-state index contributed by atoms with van der Waals surface area (Å²) in [5.74, 6) is -2.95. The largest absolute Gasteiger partial charge is 0.465 e. The number of benzene rings is 1. The first kappa shape index (κ1) is 21.4. The van der Waals surface area contributed by atoms with Gasteiger partial charge in [0.2, 0.25) is 5.88 Å². The lowest BCUT2D eigenvalue weighted by Crippen LogP contribution is -2.19. The summed E-state index contributed by atoms with van der Waals surface area (Å²) in [4.78, 5) is 47.4. The van der Waals surface area contributed by atoms with E-state index in [1.165, 1.54) is 26.2 Å². The van der Waals surface area contributed by atoms with E-state index in [1.54, 1.807) is 31.2 Å². The van der Waals surface area contributed by atoms with Crippen molar-refractivity contribution in [1.29, 1.82) is 0 Å². The molecular weight excluding hydrogens is 380 g/mol. The van der Waals surface area contributed by atoms with Crippen LogP contribution in [0.2, 0.25) is 0 Å². The van der Waals surface area contributed by atoms with E-state index in [-0.39, 0.29) is 29.4 Å². The number of hydrogen-bond acceptors (Lipinski definition) is 7. The molecule has 2 rings (SSSR count). The molecule has 2 aromatic rings. The molecule has 0 aliphatic rings. The number of nitrogens with two attached hydrogens (primary N) is 1. The molecule has 0 atom stereocenters. The molecule has 9 heteroatoms. The van der Waals surface area contributed by atoms with Crippen molar-refractivity contribution in [2.75, 3.05) is 19.0 Å². The minimum Gasteiger partial charge on any atom is -0.465 e. The van der Waals surface area contributed by atoms with Gasteiger partial charge in [0, 0.05) is 6.08 Å². The maximum absolute atomic E-state index is 12.2. The maximum Gasteiger partial charge on any atom is 0.342 e. The lowest BCUT2D eigenvalue weighted by Gasteiger charge is -2.03. The SMILES string of the molecule is CCOC(=O)c1c(C)oc(NC(=O)/C=C/c2ccc(C(=O)OC)cc2)c1C(N)=O. The third-order valence-corrected chi connectivity index (χ3v) is 3.81. The highest BCUT2D eigenvalue weighted by molar-refractivity contribution is 6.12. The van der Waals surface area contributed by atoms with Crippen LogP contribution in [0, 0.1) is 6.92 Å². The van der Waals surface area contributed by atoms with Crippen LogP contribution in [0.1, 0.15) is 49.3 Å². The Kier molecular flexibility index (Phi) is 6.91. The number of rotatable bonds is 7. The topological polar surface area (TPSA) is 138 Å². The van der Waals surface area contributed by atoms with Crippen molar-refractivity contribution in [1.82, 2.24) is 0 Å². The highest BCUT2D eigenvalue weighted by Crippen LogP contribution is 2.27. The average molecular weight is 400 g/mol. The molecule has 0 radical (unpaired) electrons. The number of furan rings is 1. The van der Waals surface area contributed by atoms with Crippen LogP contribution in [0.4, 0.5) is 5.88 Å². The molecule has 29 heavy (non-hydrogen) atoms. The van der Waals surface area contributed by atoms with Crippen molar-refractivity contribution < 1.29 is 33.1 Å². The molecule has 9 nitrogen and oxygen atoms in total. The number of hydrogen-bond donors (Lipinski definition) is 2. The van der Waals surface area contributed by atoms with Gasteiger partial charge in [-0.05, 0) is 37.6 Å². The van der Waals surface area contributed by atoms with E-state index in [9.17, 15) is 19.2 Å². The van der Waals surface area contributed by atoms with Gasteiger partial charge in [-0.2, -0.15) is 0 Å². The molecule has 0 unspecified atom stereocenters. The van der Waals surface area contributed by atoms with Gasteiger partial charge in [0.15, 0.2) is 0 Å². The Labute approximate surface area is 166 Å². The van der Waals surface area contributed by atoms with E-state index in [1.807, 2.05) is 0 Å². The van der Waals surface area contributed by atoms with Gasteiger partial charge in [-0.3, -0.25) is 14.9 Å². The van der Waals surface area contributed by atoms with Crippen LogP contribution in [0.15, 0.2) is 34.8 Å². The Morgan fingerprint density at radius 3 is 2.31 bits per heavy atom. The summed E-state index contributed by atoms with van der Waals surface area (Å²) in [7, 11) is 1.28. The molecule has 1 heterocycles. The summed E-state index contributed by atoms with van der Waals surface area (Å²) < 4.78 is 14.8. The van der Waals surface area contributed by atoms with Gasteiger partial charge in [0.1, 0.15) is 16.9 Å². The quantitative estimate of drug-likeness (QED) is 0.537. The summed E-state index contributed by atoms with van der Waals surface area (Å²) in [5, 5.41) is 2.38. The fourth-order valence-electron chi connectivity index (χ4n) is 2.49. The van der Waals surface area contributed by atoms with E-state index in [2.05, 4.69) is 10.1 Å². The fourth-order valence-corrected chi connectivity index (χ4v) is 2.49. The minimum atomic E-state index is -0.942. The van der Waals surface area contributed by atoms with Crippen molar-refractivity contribution >= 4 is 35.7 Å². The number of esters is 2. The van der Waals surface area contributed by atoms with E-state index >= 15 is 0 Å². The number of ether oxygens (including phenoxy) is 2. The minimum absolute atomic E-state index is 0.0925. The molecule has 152 valence electrons. The Morgan fingerprint density at radius 1 is 1.10 bits per heavy atom. The number of anilines is 1. The zero-order chi connectivity index (χ0) is 21.6. The summed E-state index contributed by atoms with van der Waals surface area (Å²) in [6, 6.07) is 6.35. The van der Waals surface area contributed by atoms with Crippen molar-refractivity contribution in [3.8, 4) is 0 Å². The second-order valence-corrected chi connectivity index (χ2v) is 5.76. The van der Waals surface area contributed by atoms with E-state index in [4.69, 9.17) is 14.9 Å². The summed E-state index contributed by atoms with van der Waals surface area (Å²) in [6.45, 7) is 3.16. The second kappa shape index (κ2) is 9.36. The zero-order valence-corrected chi connectivity index (χ0v) is 16.1. The molecule has 0 aliphatic carbocycles. The molecule has 3 N–H and O–H groups in total. The standard InChI is InChI=1S/C20H20N2O7/c1-4-28-20(26)15-11(2)29-18(16(15)17(21)24)22-14(23)10-7-12-5-8-13(9-6-12)19(25)27-3/h5-10H,4H2,1-3H3,(H2,21,24)(H,22,23)/b10-7+. The van der Waals surface area contributed by atoms with Crippen molar-refractivity contribution in [2.24, 2.45) is 5.73 Å². The van der Waals surface area contributed by atoms with Gasteiger partial charge in [0.25, 0.3) is 11.8 Å². The molecule has 1 aromatic carbocycles. The fraction of sp³-hybridized carbons (Fsp3) is 0.200. The molecule has 0 saturated carbocycles. The van der Waals surface area contributed by atoms with E-state index in [0.29, 0.717) is 11.1 Å². The van der Waals surface area contributed by atoms with Crippen LogP contribution in [-0.2, 0) is 14.3 Å². The van der Waals surface area contributed by atoms with Crippen LogP contribution in [-0.4, -0.2) is 37.5 Å². The van der Waals surface area contributed by atoms with Gasteiger partial charge in [0.05, 0.1) is 19.3 Å². The molecular formula is C20H20N2O7. The predicted octanol–water partition coefficient (Wildman–Crippen LogP) is 2.30. The van der Waals surface area contributed by atoms with Crippen molar-refractivity contribution in [2.45, 2.75) is 13.8 Å². The van der Waals surface area contributed by atoms with Crippen LogP contribution in [0.25, 0.3) is 6.08 Å². The lowest BCUT2D eigenvalue weighted by atomic mass is 10.1. The zero-order valence-electron chi connectivity index (χ0n) is 16.1. The second-order valence-electron chi connectivity index (χ2n) is 5.76. The predicted molar refractivity (Wildman–Crippen MR) is 103 cm³/mol. The molecule has 0 spiro atoms. The van der Waals surface area contributed by atoms with E-state index < -0.39 is 23.8 Å². The monoisotopic (exact) mass is 400 g/mol. The van der Waals surface area contributed by atoms with Crippen LogP contribution >= 0.6 is 0 Å². The number of carbonyl (C=O) groups excluding carboxylic acids is 4. The molecule has 0 fully saturated rings. The van der Waals surface area contributed by atoms with E-state index in [0.717, 1.165) is 0 Å². The maximum atomic E-state index is 12.2. The first-order valence-electron chi connectivity index (χ1n) is 8.56.